The molecule has 4 unspecified atom stereocenters. The van der Waals surface area contributed by atoms with Gasteiger partial charge in [-0.05, 0) is 92.0 Å². The van der Waals surface area contributed by atoms with E-state index < -0.39 is 121 Å². The molecule has 8 atom stereocenters. The molecule has 388 valence electrons. The molecule has 20 heteroatoms. The van der Waals surface area contributed by atoms with E-state index in [4.69, 9.17) is 0 Å². The van der Waals surface area contributed by atoms with Crippen molar-refractivity contribution in [3.05, 3.63) is 41.2 Å². The van der Waals surface area contributed by atoms with Crippen molar-refractivity contribution in [2.45, 2.75) is 177 Å². The van der Waals surface area contributed by atoms with Gasteiger partial charge in [0.2, 0.25) is 35.4 Å². The molecule has 0 aromatic heterocycles. The number of likely N-dealkylation sites (tertiary alicyclic amines) is 1. The van der Waals surface area contributed by atoms with Crippen molar-refractivity contribution >= 4 is 41.0 Å². The van der Waals surface area contributed by atoms with Gasteiger partial charge in [0.15, 0.2) is 5.41 Å². The van der Waals surface area contributed by atoms with E-state index in [0.29, 0.717) is 49.1 Å². The van der Waals surface area contributed by atoms with Gasteiger partial charge in [0.05, 0.1) is 6.54 Å². The first-order chi connectivity index (χ1) is 32.9. The van der Waals surface area contributed by atoms with E-state index in [1.807, 2.05) is 13.8 Å². The van der Waals surface area contributed by atoms with Crippen LogP contribution in [0.15, 0.2) is 24.3 Å². The molecule has 4 heterocycles. The minimum atomic E-state index is -5.40. The van der Waals surface area contributed by atoms with Gasteiger partial charge in [-0.3, -0.25) is 28.8 Å². The number of halogens is 7. The second-order valence-corrected chi connectivity index (χ2v) is 21.3. The van der Waals surface area contributed by atoms with Crippen LogP contribution in [0.3, 0.4) is 0 Å². The number of carbonyl (C=O) groups is 6. The maximum absolute atomic E-state index is 15.1. The third kappa shape index (κ3) is 11.6. The standard InChI is InChI=1S/C50H68F7N7O6/c1-28(2)19-37-44(67)63(5)40(23-30-20-32(51)14-17-36(30)31-21-34-15-16-35(22-31)58-34)45(68)61(3)18-10-8-6-7-9-11-38(42(65)59-37)62(4)46(69)41(29-12-13-29)60-43(66)39-24-33(52)25-64(39)47(70)48(50(55,56)57)26-49(53,54)27-48/h14,17,20-21,28-29,33-35,37-41,58H,6-13,15-16,18-19,22-27H2,1-5H3,(H,59,65)(H,60,66)/t33?,34?,35?,37-,38-,39?,40-,41-/m0/s1. The summed E-state index contributed by atoms with van der Waals surface area (Å²) in [5.74, 6) is -10.2. The van der Waals surface area contributed by atoms with Crippen molar-refractivity contribution in [2.75, 3.05) is 34.2 Å². The molecule has 6 aliphatic rings. The highest BCUT2D eigenvalue weighted by atomic mass is 19.4. The first kappa shape index (κ1) is 53.1. The predicted molar refractivity (Wildman–Crippen MR) is 245 cm³/mol. The second-order valence-electron chi connectivity index (χ2n) is 21.3. The lowest BCUT2D eigenvalue weighted by Crippen LogP contribution is -2.65. The second kappa shape index (κ2) is 21.1. The van der Waals surface area contributed by atoms with E-state index in [1.165, 1.54) is 36.0 Å². The maximum atomic E-state index is 15.1. The molecule has 13 nitrogen and oxygen atoms in total. The van der Waals surface area contributed by atoms with Crippen LogP contribution in [0.2, 0.25) is 0 Å². The summed E-state index contributed by atoms with van der Waals surface area (Å²) in [5.41, 5.74) is -1.07. The summed E-state index contributed by atoms with van der Waals surface area (Å²) in [5, 5.41) is 8.99. The van der Waals surface area contributed by atoms with Gasteiger partial charge < -0.3 is 35.6 Å². The summed E-state index contributed by atoms with van der Waals surface area (Å²) in [6, 6.07) is -1.62. The number of carbonyl (C=O) groups excluding carboxylic acids is 6. The van der Waals surface area contributed by atoms with E-state index in [2.05, 4.69) is 22.0 Å². The number of benzene rings is 1. The lowest BCUT2D eigenvalue weighted by Gasteiger charge is -2.48. The normalized spacial score (nSPS) is 29.3. The summed E-state index contributed by atoms with van der Waals surface area (Å²) in [4.78, 5) is 90.2. The lowest BCUT2D eigenvalue weighted by atomic mass is 9.64. The fraction of sp³-hybridized carbons (Fsp3) is 0.720. The molecular formula is C50H68F7N7O6. The van der Waals surface area contributed by atoms with Crippen LogP contribution in [0, 0.1) is 23.1 Å². The monoisotopic (exact) mass is 996 g/mol. The molecule has 3 saturated heterocycles. The van der Waals surface area contributed by atoms with Crippen LogP contribution < -0.4 is 16.0 Å². The smallest absolute Gasteiger partial charge is 0.344 e. The molecule has 0 radical (unpaired) electrons. The van der Waals surface area contributed by atoms with Gasteiger partial charge in [0.25, 0.3) is 5.92 Å². The predicted octanol–water partition coefficient (Wildman–Crippen LogP) is 6.09. The van der Waals surface area contributed by atoms with Crippen LogP contribution in [0.4, 0.5) is 30.7 Å². The molecule has 1 aromatic carbocycles. The first-order valence-corrected chi connectivity index (χ1v) is 24.9. The molecule has 5 fully saturated rings. The van der Waals surface area contributed by atoms with Gasteiger partial charge in [0, 0.05) is 65.5 Å². The van der Waals surface area contributed by atoms with Crippen LogP contribution >= 0.6 is 0 Å². The molecule has 4 aliphatic heterocycles. The Labute approximate surface area is 405 Å². The summed E-state index contributed by atoms with van der Waals surface area (Å²) in [7, 11) is 4.55. The number of nitrogens with zero attached hydrogens (tertiary/aromatic N) is 4. The molecular weight excluding hydrogens is 928 g/mol. The Morgan fingerprint density at radius 2 is 1.63 bits per heavy atom. The van der Waals surface area contributed by atoms with Crippen LogP contribution in [0.25, 0.3) is 5.57 Å². The fourth-order valence-electron chi connectivity index (χ4n) is 11.3. The topological polar surface area (TPSA) is 151 Å². The zero-order valence-corrected chi connectivity index (χ0v) is 40.7. The van der Waals surface area contributed by atoms with E-state index in [1.54, 1.807) is 18.0 Å². The molecule has 1 aromatic rings. The number of likely N-dealkylation sites (N-methyl/N-ethyl adjacent to an activating group) is 3. The quantitative estimate of drug-likeness (QED) is 0.228. The van der Waals surface area contributed by atoms with Crippen molar-refractivity contribution in [2.24, 2.45) is 17.3 Å². The number of alkyl halides is 6. The molecule has 3 N–H and O–H groups in total. The minimum Gasteiger partial charge on any atom is -0.344 e. The molecule has 6 amide bonds. The third-order valence-electron chi connectivity index (χ3n) is 15.4. The Morgan fingerprint density at radius 1 is 0.943 bits per heavy atom. The molecule has 2 saturated carbocycles. The van der Waals surface area contributed by atoms with Gasteiger partial charge >= 0.3 is 6.18 Å². The first-order valence-electron chi connectivity index (χ1n) is 24.9. The summed E-state index contributed by atoms with van der Waals surface area (Å²) in [6.07, 6.45) is -2.45. The highest BCUT2D eigenvalue weighted by Gasteiger charge is 2.75. The average Bonchev–Trinajstić information content (AvgIpc) is 3.97. The number of amides is 6. The Balaban J connectivity index is 1.12. The third-order valence-corrected chi connectivity index (χ3v) is 15.4. The number of fused-ring (bicyclic) bond motifs is 2. The zero-order chi connectivity index (χ0) is 51.0. The average molecular weight is 996 g/mol. The van der Waals surface area contributed by atoms with E-state index in [0.717, 1.165) is 43.2 Å². The van der Waals surface area contributed by atoms with Crippen molar-refractivity contribution in [1.29, 1.82) is 0 Å². The Morgan fingerprint density at radius 3 is 2.27 bits per heavy atom. The maximum Gasteiger partial charge on any atom is 0.403 e. The van der Waals surface area contributed by atoms with E-state index in [-0.39, 0.29) is 43.2 Å². The summed E-state index contributed by atoms with van der Waals surface area (Å²) < 4.78 is 101. The zero-order valence-electron chi connectivity index (χ0n) is 40.7. The van der Waals surface area contributed by atoms with Crippen molar-refractivity contribution in [3.63, 3.8) is 0 Å². The van der Waals surface area contributed by atoms with Gasteiger partial charge in [0.1, 0.15) is 42.2 Å². The number of hydrogen-bond donors (Lipinski definition) is 3. The highest BCUT2D eigenvalue weighted by molar-refractivity contribution is 5.97. The Hall–Kier alpha value is -4.75. The van der Waals surface area contributed by atoms with E-state index in [9.17, 15) is 55.1 Å². The van der Waals surface area contributed by atoms with Crippen LogP contribution in [0.5, 0.6) is 0 Å². The van der Waals surface area contributed by atoms with Crippen LogP contribution in [-0.2, 0) is 35.2 Å². The van der Waals surface area contributed by atoms with Gasteiger partial charge in [-0.15, -0.1) is 0 Å². The summed E-state index contributed by atoms with van der Waals surface area (Å²) >= 11 is 0. The SMILES string of the molecule is CC(C)C[C@@H]1NC(=O)[C@@H](N(C)C(=O)[C@@H](NC(=O)C2CC(F)CN2C(=O)C2(C(F)(F)F)CC(F)(F)C2)C2CC2)CCCCCCCN(C)C(=O)[C@H](Cc2cc(F)ccc2C2=CC3CCC(C2)N3)N(C)C1=O. The minimum absolute atomic E-state index is 0.00695. The largest absolute Gasteiger partial charge is 0.403 e. The molecule has 7 rings (SSSR count). The number of rotatable bonds is 11. The summed E-state index contributed by atoms with van der Waals surface area (Å²) in [6.45, 7) is 3.19. The van der Waals surface area contributed by atoms with E-state index >= 15 is 4.39 Å². The van der Waals surface area contributed by atoms with Crippen LogP contribution in [0.1, 0.15) is 121 Å². The van der Waals surface area contributed by atoms with Gasteiger partial charge in [-0.25, -0.2) is 17.6 Å². The van der Waals surface area contributed by atoms with Gasteiger partial charge in [-0.1, -0.05) is 51.7 Å². The van der Waals surface area contributed by atoms with Crippen molar-refractivity contribution in [3.8, 4) is 0 Å². The molecule has 0 spiro atoms. The number of nitrogens with one attached hydrogen (secondary N) is 3. The van der Waals surface area contributed by atoms with Crippen molar-refractivity contribution in [1.82, 2.24) is 35.6 Å². The molecule has 2 bridgehead atoms. The Bertz CT molecular complexity index is 2180. The lowest BCUT2D eigenvalue weighted by molar-refractivity contribution is -0.299. The van der Waals surface area contributed by atoms with Crippen LogP contribution in [-0.4, -0.2) is 150 Å². The highest BCUT2D eigenvalue weighted by Crippen LogP contribution is 2.61. The molecule has 70 heavy (non-hydrogen) atoms. The Kier molecular flexibility index (Phi) is 16.0. The van der Waals surface area contributed by atoms with Crippen molar-refractivity contribution < 1.29 is 59.5 Å². The van der Waals surface area contributed by atoms with Gasteiger partial charge in [-0.2, -0.15) is 13.2 Å². The fourth-order valence-corrected chi connectivity index (χ4v) is 11.3. The number of hydrogen-bond acceptors (Lipinski definition) is 7. The molecule has 2 aliphatic carbocycles.